The number of rotatable bonds is 6. The van der Waals surface area contributed by atoms with E-state index in [4.69, 9.17) is 0 Å². The predicted molar refractivity (Wildman–Crippen MR) is 101 cm³/mol. The fourth-order valence-corrected chi connectivity index (χ4v) is 3.41. The number of nitrogens with one attached hydrogen (secondary N) is 1. The van der Waals surface area contributed by atoms with Gasteiger partial charge in [0.1, 0.15) is 6.04 Å². The summed E-state index contributed by atoms with van der Waals surface area (Å²) in [6.45, 7) is 7.94. The molecule has 0 aliphatic carbocycles. The third-order valence-corrected chi connectivity index (χ3v) is 4.89. The van der Waals surface area contributed by atoms with Crippen LogP contribution in [0.15, 0.2) is 30.9 Å². The lowest BCUT2D eigenvalue weighted by molar-refractivity contribution is -0.139. The number of amides is 2. The highest BCUT2D eigenvalue weighted by molar-refractivity contribution is 6.43. The van der Waals surface area contributed by atoms with Gasteiger partial charge in [-0.25, -0.2) is 0 Å². The third kappa shape index (κ3) is 4.96. The van der Waals surface area contributed by atoms with Gasteiger partial charge in [-0.15, -0.1) is 0 Å². The molecule has 26 heavy (non-hydrogen) atoms. The Morgan fingerprint density at radius 3 is 2.73 bits per heavy atom. The molecule has 0 radical (unpaired) electrons. The minimum atomic E-state index is -1.69. The van der Waals surface area contributed by atoms with E-state index >= 15 is 0 Å². The lowest BCUT2D eigenvalue weighted by Gasteiger charge is -2.35. The van der Waals surface area contributed by atoms with E-state index < -0.39 is 19.1 Å². The van der Waals surface area contributed by atoms with Gasteiger partial charge in [-0.05, 0) is 56.7 Å². The summed E-state index contributed by atoms with van der Waals surface area (Å²) in [6, 6.07) is 5.30. The van der Waals surface area contributed by atoms with Gasteiger partial charge >= 0.3 is 7.12 Å². The van der Waals surface area contributed by atoms with Gasteiger partial charge < -0.3 is 20.3 Å². The molecule has 140 valence electrons. The molecule has 1 aromatic rings. The van der Waals surface area contributed by atoms with Crippen LogP contribution in [0, 0.1) is 13.8 Å². The maximum Gasteiger partial charge on any atom is 0.475 e. The summed E-state index contributed by atoms with van der Waals surface area (Å²) in [5, 5.41) is 22.2. The topological polar surface area (TPSA) is 89.9 Å². The average Bonchev–Trinajstić information content (AvgIpc) is 2.62. The molecule has 2 amide bonds. The maximum absolute atomic E-state index is 12.7. The molecule has 0 bridgehead atoms. The molecular formula is C19H27BN2O4. The summed E-state index contributed by atoms with van der Waals surface area (Å²) < 4.78 is 0. The molecule has 1 aliphatic heterocycles. The molecule has 6 nitrogen and oxygen atoms in total. The summed E-state index contributed by atoms with van der Waals surface area (Å²) in [7, 11) is -1.69. The van der Waals surface area contributed by atoms with E-state index in [0.717, 1.165) is 29.5 Å². The molecule has 0 unspecified atom stereocenters. The standard InChI is InChI=1S/C19H27BN2O4/c1-4-18(23)22-10-6-5-7-16(22)19(24)21-17(20(25)26)12-15-9-8-13(2)11-14(15)3/h4,8-9,11,16-17,25-26H,1,5-7,10,12H2,2-3H3,(H,21,24)/t16-,17+/m1/s1. The van der Waals surface area contributed by atoms with Gasteiger partial charge in [-0.3, -0.25) is 9.59 Å². The van der Waals surface area contributed by atoms with E-state index in [2.05, 4.69) is 11.9 Å². The van der Waals surface area contributed by atoms with E-state index in [1.165, 1.54) is 11.0 Å². The van der Waals surface area contributed by atoms with E-state index in [1.54, 1.807) is 0 Å². The Labute approximate surface area is 155 Å². The predicted octanol–water partition coefficient (Wildman–Crippen LogP) is 0.910. The SMILES string of the molecule is C=CC(=O)N1CCCC[C@@H]1C(=O)N[C@@H](Cc1ccc(C)cc1C)B(O)O. The van der Waals surface area contributed by atoms with Crippen LogP contribution in [0.2, 0.25) is 0 Å². The fourth-order valence-electron chi connectivity index (χ4n) is 3.41. The molecule has 0 saturated carbocycles. The number of likely N-dealkylation sites (tertiary alicyclic amines) is 1. The lowest BCUT2D eigenvalue weighted by atomic mass is 9.75. The molecule has 1 aliphatic rings. The van der Waals surface area contributed by atoms with Gasteiger partial charge in [0.25, 0.3) is 0 Å². The van der Waals surface area contributed by atoms with Crippen LogP contribution in [0.3, 0.4) is 0 Å². The zero-order valence-corrected chi connectivity index (χ0v) is 15.4. The van der Waals surface area contributed by atoms with Crippen molar-refractivity contribution >= 4 is 18.9 Å². The number of benzene rings is 1. The molecule has 1 fully saturated rings. The Balaban J connectivity index is 2.11. The van der Waals surface area contributed by atoms with Crippen LogP contribution in [0.1, 0.15) is 36.0 Å². The van der Waals surface area contributed by atoms with Crippen molar-refractivity contribution in [3.05, 3.63) is 47.5 Å². The van der Waals surface area contributed by atoms with Crippen molar-refractivity contribution in [1.82, 2.24) is 10.2 Å². The average molecular weight is 358 g/mol. The van der Waals surface area contributed by atoms with Gasteiger partial charge in [-0.2, -0.15) is 0 Å². The van der Waals surface area contributed by atoms with Gasteiger partial charge in [-0.1, -0.05) is 30.3 Å². The van der Waals surface area contributed by atoms with Crippen LogP contribution in [0.5, 0.6) is 0 Å². The number of hydrogen-bond donors (Lipinski definition) is 3. The van der Waals surface area contributed by atoms with Crippen LogP contribution in [0.25, 0.3) is 0 Å². The van der Waals surface area contributed by atoms with Crippen LogP contribution in [-0.4, -0.2) is 52.4 Å². The maximum atomic E-state index is 12.7. The summed E-state index contributed by atoms with van der Waals surface area (Å²) >= 11 is 0. The molecule has 2 rings (SSSR count). The van der Waals surface area contributed by atoms with Gasteiger partial charge in [0, 0.05) is 6.54 Å². The van der Waals surface area contributed by atoms with Crippen molar-refractivity contribution in [2.24, 2.45) is 0 Å². The number of piperidine rings is 1. The molecular weight excluding hydrogens is 331 g/mol. The molecule has 2 atom stereocenters. The van der Waals surface area contributed by atoms with Gasteiger partial charge in [0.15, 0.2) is 0 Å². The van der Waals surface area contributed by atoms with Crippen molar-refractivity contribution in [2.75, 3.05) is 6.54 Å². The lowest BCUT2D eigenvalue weighted by Crippen LogP contribution is -2.56. The zero-order chi connectivity index (χ0) is 19.3. The quantitative estimate of drug-likeness (QED) is 0.521. The Kier molecular flexibility index (Phi) is 7.00. The highest BCUT2D eigenvalue weighted by Gasteiger charge is 2.34. The first kappa shape index (κ1) is 20.2. The normalized spacial score (nSPS) is 18.2. The van der Waals surface area contributed by atoms with E-state index in [1.807, 2.05) is 32.0 Å². The fraction of sp³-hybridized carbons (Fsp3) is 0.474. The Morgan fingerprint density at radius 2 is 2.12 bits per heavy atom. The third-order valence-electron chi connectivity index (χ3n) is 4.89. The smallest absolute Gasteiger partial charge is 0.426 e. The van der Waals surface area contributed by atoms with E-state index in [0.29, 0.717) is 19.4 Å². The Bertz CT molecular complexity index is 678. The zero-order valence-electron chi connectivity index (χ0n) is 15.4. The highest BCUT2D eigenvalue weighted by atomic mass is 16.4. The van der Waals surface area contributed by atoms with E-state index in [9.17, 15) is 19.6 Å². The minimum absolute atomic E-state index is 0.277. The van der Waals surface area contributed by atoms with Crippen molar-refractivity contribution in [3.63, 3.8) is 0 Å². The van der Waals surface area contributed by atoms with Gasteiger partial charge in [0.05, 0.1) is 5.94 Å². The Morgan fingerprint density at radius 1 is 1.38 bits per heavy atom. The minimum Gasteiger partial charge on any atom is -0.426 e. The van der Waals surface area contributed by atoms with Crippen molar-refractivity contribution < 1.29 is 19.6 Å². The molecule has 7 heteroatoms. The molecule has 3 N–H and O–H groups in total. The Hall–Kier alpha value is -2.12. The largest absolute Gasteiger partial charge is 0.475 e. The van der Waals surface area contributed by atoms with Crippen molar-refractivity contribution in [2.45, 2.75) is 51.5 Å². The number of aryl methyl sites for hydroxylation is 2. The number of hydrogen-bond acceptors (Lipinski definition) is 4. The number of carbonyl (C=O) groups excluding carboxylic acids is 2. The second kappa shape index (κ2) is 9.01. The monoisotopic (exact) mass is 358 g/mol. The molecule has 0 spiro atoms. The molecule has 1 heterocycles. The first-order valence-electron chi connectivity index (χ1n) is 8.99. The molecule has 0 aromatic heterocycles. The summed E-state index contributed by atoms with van der Waals surface area (Å²) in [5.41, 5.74) is 3.10. The van der Waals surface area contributed by atoms with Crippen LogP contribution >= 0.6 is 0 Å². The summed E-state index contributed by atoms with van der Waals surface area (Å²) in [5.74, 6) is -1.48. The highest BCUT2D eigenvalue weighted by Crippen LogP contribution is 2.19. The second-order valence-corrected chi connectivity index (χ2v) is 6.91. The molecule has 1 saturated heterocycles. The van der Waals surface area contributed by atoms with Crippen LogP contribution in [0.4, 0.5) is 0 Å². The first-order valence-corrected chi connectivity index (χ1v) is 8.99. The summed E-state index contributed by atoms with van der Waals surface area (Å²) in [6.07, 6.45) is 3.76. The van der Waals surface area contributed by atoms with Crippen LogP contribution < -0.4 is 5.32 Å². The molecule has 1 aromatic carbocycles. The van der Waals surface area contributed by atoms with E-state index in [-0.39, 0.29) is 11.8 Å². The van der Waals surface area contributed by atoms with Crippen molar-refractivity contribution in [3.8, 4) is 0 Å². The van der Waals surface area contributed by atoms with Crippen molar-refractivity contribution in [1.29, 1.82) is 0 Å². The number of carbonyl (C=O) groups is 2. The number of nitrogens with zero attached hydrogens (tertiary/aromatic N) is 1. The second-order valence-electron chi connectivity index (χ2n) is 6.91. The van der Waals surface area contributed by atoms with Crippen LogP contribution in [-0.2, 0) is 16.0 Å². The van der Waals surface area contributed by atoms with Gasteiger partial charge in [0.2, 0.25) is 11.8 Å². The summed E-state index contributed by atoms with van der Waals surface area (Å²) in [4.78, 5) is 26.2. The first-order chi connectivity index (χ1) is 12.3.